The normalized spacial score (nSPS) is 17.6. The molecule has 2 heterocycles. The van der Waals surface area contributed by atoms with Crippen molar-refractivity contribution in [2.75, 3.05) is 18.4 Å². The van der Waals surface area contributed by atoms with Crippen LogP contribution in [0.3, 0.4) is 0 Å². The maximum absolute atomic E-state index is 13.5. The van der Waals surface area contributed by atoms with Gasteiger partial charge >= 0.3 is 0 Å². The van der Waals surface area contributed by atoms with Gasteiger partial charge < -0.3 is 9.84 Å². The first-order valence-electron chi connectivity index (χ1n) is 11.6. The molecule has 1 aliphatic heterocycles. The Bertz CT molecular complexity index is 1320. The van der Waals surface area contributed by atoms with Gasteiger partial charge in [0.05, 0.1) is 4.90 Å². The molecule has 0 radical (unpaired) electrons. The zero-order valence-electron chi connectivity index (χ0n) is 19.3. The van der Waals surface area contributed by atoms with Crippen LogP contribution in [-0.2, 0) is 14.8 Å². The van der Waals surface area contributed by atoms with Crippen LogP contribution in [0.4, 0.5) is 5.69 Å². The van der Waals surface area contributed by atoms with E-state index < -0.39 is 10.0 Å². The predicted octanol–water partition coefficient (Wildman–Crippen LogP) is 4.27. The van der Waals surface area contributed by atoms with E-state index in [4.69, 9.17) is 4.52 Å². The summed E-state index contributed by atoms with van der Waals surface area (Å²) in [5.74, 6) is 1.07. The average Bonchev–Trinajstić information content (AvgIpc) is 3.56. The van der Waals surface area contributed by atoms with E-state index in [1.165, 1.54) is 4.31 Å². The van der Waals surface area contributed by atoms with Crippen molar-refractivity contribution in [2.24, 2.45) is 5.92 Å². The molecule has 1 amide bonds. The minimum absolute atomic E-state index is 0.0654. The summed E-state index contributed by atoms with van der Waals surface area (Å²) < 4.78 is 33.8. The van der Waals surface area contributed by atoms with Gasteiger partial charge in [-0.15, -0.1) is 0 Å². The van der Waals surface area contributed by atoms with E-state index in [1.807, 2.05) is 37.3 Å². The molecule has 0 bridgehead atoms. The number of amides is 1. The molecule has 9 heteroatoms. The van der Waals surface area contributed by atoms with Crippen molar-refractivity contribution >= 4 is 21.6 Å². The van der Waals surface area contributed by atoms with E-state index in [0.29, 0.717) is 54.7 Å². The first-order chi connectivity index (χ1) is 16.3. The SMILES string of the molecule is Cc1cccc(NC(=O)C2CCN(S(=O)(=O)c3cc(-c4noc(C5CC5)n4)ccc3C)CC2)c1. The number of hydrogen-bond donors (Lipinski definition) is 1. The first-order valence-corrected chi connectivity index (χ1v) is 13.1. The van der Waals surface area contributed by atoms with Crippen molar-refractivity contribution in [1.82, 2.24) is 14.4 Å². The minimum Gasteiger partial charge on any atom is -0.339 e. The van der Waals surface area contributed by atoms with Crippen LogP contribution >= 0.6 is 0 Å². The molecule has 1 N–H and O–H groups in total. The highest BCUT2D eigenvalue weighted by Gasteiger charge is 2.34. The van der Waals surface area contributed by atoms with Gasteiger partial charge in [-0.25, -0.2) is 8.42 Å². The lowest BCUT2D eigenvalue weighted by Crippen LogP contribution is -2.41. The Morgan fingerprint density at radius 3 is 2.53 bits per heavy atom. The van der Waals surface area contributed by atoms with Crippen molar-refractivity contribution in [2.45, 2.75) is 50.3 Å². The number of hydrogen-bond acceptors (Lipinski definition) is 6. The zero-order chi connectivity index (χ0) is 23.9. The number of carbonyl (C=O) groups is 1. The molecule has 2 fully saturated rings. The summed E-state index contributed by atoms with van der Waals surface area (Å²) in [6.45, 7) is 4.35. The number of nitrogens with zero attached hydrogens (tertiary/aromatic N) is 3. The van der Waals surface area contributed by atoms with Crippen molar-refractivity contribution in [1.29, 1.82) is 0 Å². The van der Waals surface area contributed by atoms with Crippen LogP contribution in [0.1, 0.15) is 48.6 Å². The zero-order valence-corrected chi connectivity index (χ0v) is 20.1. The average molecular weight is 481 g/mol. The monoisotopic (exact) mass is 480 g/mol. The Morgan fingerprint density at radius 2 is 1.82 bits per heavy atom. The highest BCUT2D eigenvalue weighted by atomic mass is 32.2. The highest BCUT2D eigenvalue weighted by Crippen LogP contribution is 2.39. The number of sulfonamides is 1. The fourth-order valence-corrected chi connectivity index (χ4v) is 6.05. The van der Waals surface area contributed by atoms with Crippen LogP contribution in [0.15, 0.2) is 51.9 Å². The van der Waals surface area contributed by atoms with Gasteiger partial charge in [-0.05, 0) is 68.9 Å². The number of aryl methyl sites for hydroxylation is 2. The summed E-state index contributed by atoms with van der Waals surface area (Å²) in [4.78, 5) is 17.4. The Labute approximate surface area is 199 Å². The molecule has 178 valence electrons. The van der Waals surface area contributed by atoms with E-state index in [2.05, 4.69) is 15.5 Å². The second-order valence-corrected chi connectivity index (χ2v) is 11.2. The Balaban J connectivity index is 1.28. The lowest BCUT2D eigenvalue weighted by molar-refractivity contribution is -0.120. The molecule has 1 aromatic heterocycles. The summed E-state index contributed by atoms with van der Waals surface area (Å²) in [5.41, 5.74) is 3.11. The molecule has 5 rings (SSSR count). The fourth-order valence-electron chi connectivity index (χ4n) is 4.33. The third-order valence-corrected chi connectivity index (χ3v) is 8.58. The third-order valence-electron chi connectivity index (χ3n) is 6.54. The predicted molar refractivity (Wildman–Crippen MR) is 128 cm³/mol. The van der Waals surface area contributed by atoms with Gasteiger partial charge in [0.15, 0.2) is 0 Å². The number of carbonyl (C=O) groups excluding carboxylic acids is 1. The molecule has 1 saturated carbocycles. The molecular weight excluding hydrogens is 452 g/mol. The molecule has 3 aromatic rings. The summed E-state index contributed by atoms with van der Waals surface area (Å²) in [5, 5.41) is 7.00. The number of nitrogens with one attached hydrogen (secondary N) is 1. The number of anilines is 1. The van der Waals surface area contributed by atoms with Crippen molar-refractivity contribution in [3.63, 3.8) is 0 Å². The summed E-state index contributed by atoms with van der Waals surface area (Å²) in [6, 6.07) is 12.9. The quantitative estimate of drug-likeness (QED) is 0.565. The first kappa shape index (κ1) is 22.7. The van der Waals surface area contributed by atoms with Crippen LogP contribution in [0.25, 0.3) is 11.4 Å². The van der Waals surface area contributed by atoms with Gasteiger partial charge in [0.2, 0.25) is 27.6 Å². The van der Waals surface area contributed by atoms with E-state index in [9.17, 15) is 13.2 Å². The molecular formula is C25H28N4O4S. The summed E-state index contributed by atoms with van der Waals surface area (Å²) >= 11 is 0. The van der Waals surface area contributed by atoms with Gasteiger partial charge in [-0.2, -0.15) is 9.29 Å². The van der Waals surface area contributed by atoms with Crippen LogP contribution in [0.2, 0.25) is 0 Å². The summed E-state index contributed by atoms with van der Waals surface area (Å²) in [7, 11) is -3.72. The van der Waals surface area contributed by atoms with Gasteiger partial charge in [-0.3, -0.25) is 4.79 Å². The van der Waals surface area contributed by atoms with Crippen LogP contribution in [0, 0.1) is 19.8 Å². The third kappa shape index (κ3) is 4.63. The Kier molecular flexibility index (Phi) is 5.99. The van der Waals surface area contributed by atoms with E-state index >= 15 is 0 Å². The molecule has 34 heavy (non-hydrogen) atoms. The molecule has 2 aliphatic rings. The van der Waals surface area contributed by atoms with Gasteiger partial charge in [0.1, 0.15) is 0 Å². The van der Waals surface area contributed by atoms with Crippen LogP contribution < -0.4 is 5.32 Å². The number of aromatic nitrogens is 2. The maximum atomic E-state index is 13.5. The van der Waals surface area contributed by atoms with Crippen LogP contribution in [-0.4, -0.2) is 41.9 Å². The highest BCUT2D eigenvalue weighted by molar-refractivity contribution is 7.89. The molecule has 8 nitrogen and oxygen atoms in total. The van der Waals surface area contributed by atoms with E-state index in [-0.39, 0.29) is 16.7 Å². The van der Waals surface area contributed by atoms with Crippen molar-refractivity contribution in [3.05, 3.63) is 59.5 Å². The fraction of sp³-hybridized carbons (Fsp3) is 0.400. The number of piperidine rings is 1. The second-order valence-electron chi connectivity index (χ2n) is 9.25. The molecule has 1 aliphatic carbocycles. The Morgan fingerprint density at radius 1 is 1.06 bits per heavy atom. The van der Waals surface area contributed by atoms with E-state index in [0.717, 1.165) is 24.1 Å². The van der Waals surface area contributed by atoms with Gasteiger partial charge in [-0.1, -0.05) is 29.4 Å². The maximum Gasteiger partial charge on any atom is 0.243 e. The summed E-state index contributed by atoms with van der Waals surface area (Å²) in [6.07, 6.45) is 3.05. The standard InChI is InChI=1S/C25H28N4O4S/c1-16-4-3-5-21(14-16)26-24(30)18-10-12-29(13-11-18)34(31,32)22-15-20(7-6-17(22)2)23-27-25(33-28-23)19-8-9-19/h3-7,14-15,18-19H,8-13H2,1-2H3,(H,26,30). The Hall–Kier alpha value is -3.04. The van der Waals surface area contributed by atoms with E-state index in [1.54, 1.807) is 19.1 Å². The molecule has 2 aromatic carbocycles. The second kappa shape index (κ2) is 8.96. The van der Waals surface area contributed by atoms with Crippen molar-refractivity contribution < 1.29 is 17.7 Å². The van der Waals surface area contributed by atoms with Crippen molar-refractivity contribution in [3.8, 4) is 11.4 Å². The van der Waals surface area contributed by atoms with Gasteiger partial charge in [0.25, 0.3) is 0 Å². The topological polar surface area (TPSA) is 105 Å². The molecule has 0 unspecified atom stereocenters. The lowest BCUT2D eigenvalue weighted by atomic mass is 9.97. The lowest BCUT2D eigenvalue weighted by Gasteiger charge is -2.31. The molecule has 1 saturated heterocycles. The van der Waals surface area contributed by atoms with Crippen LogP contribution in [0.5, 0.6) is 0 Å². The molecule has 0 spiro atoms. The van der Waals surface area contributed by atoms with Gasteiger partial charge in [0, 0.05) is 36.2 Å². The smallest absolute Gasteiger partial charge is 0.243 e. The number of rotatable bonds is 6. The molecule has 0 atom stereocenters. The number of benzene rings is 2. The minimum atomic E-state index is -3.72. The largest absolute Gasteiger partial charge is 0.339 e.